The minimum absolute atomic E-state index is 0.165. The maximum atomic E-state index is 12.4. The third-order valence-corrected chi connectivity index (χ3v) is 3.30. The van der Waals surface area contributed by atoms with Crippen LogP contribution in [0.4, 0.5) is 11.4 Å². The molecule has 0 fully saturated rings. The van der Waals surface area contributed by atoms with Crippen molar-refractivity contribution in [3.8, 4) is 0 Å². The van der Waals surface area contributed by atoms with Gasteiger partial charge in [0.1, 0.15) is 0 Å². The highest BCUT2D eigenvalue weighted by Crippen LogP contribution is 2.29. The fourth-order valence-electron chi connectivity index (χ4n) is 2.29. The summed E-state index contributed by atoms with van der Waals surface area (Å²) in [6.07, 6.45) is 0. The Labute approximate surface area is 120 Å². The highest BCUT2D eigenvalue weighted by molar-refractivity contribution is 6.34. The van der Waals surface area contributed by atoms with Crippen LogP contribution in [0.25, 0.3) is 0 Å². The molecule has 2 aromatic carbocycles. The Kier molecular flexibility index (Phi) is 2.72. The number of hydrogen-bond acceptors (Lipinski definition) is 4. The summed E-state index contributed by atoms with van der Waals surface area (Å²) in [7, 11) is 0. The Bertz CT molecular complexity index is 799. The van der Waals surface area contributed by atoms with Gasteiger partial charge in [0.15, 0.2) is 0 Å². The normalized spacial score (nSPS) is 13.4. The van der Waals surface area contributed by atoms with Crippen LogP contribution in [0.2, 0.25) is 0 Å². The van der Waals surface area contributed by atoms with Crippen LogP contribution >= 0.6 is 0 Å². The Morgan fingerprint density at radius 3 is 2.33 bits per heavy atom. The molecule has 0 unspecified atom stereocenters. The minimum Gasteiger partial charge on any atom is -0.399 e. The summed E-state index contributed by atoms with van der Waals surface area (Å²) < 4.78 is 0. The third kappa shape index (κ3) is 1.93. The first kappa shape index (κ1) is 12.9. The third-order valence-electron chi connectivity index (χ3n) is 3.30. The van der Waals surface area contributed by atoms with Crippen molar-refractivity contribution in [2.75, 3.05) is 10.6 Å². The van der Waals surface area contributed by atoms with Gasteiger partial charge in [-0.15, -0.1) is 0 Å². The number of amides is 3. The predicted molar refractivity (Wildman–Crippen MR) is 77.0 cm³/mol. The van der Waals surface area contributed by atoms with Crippen molar-refractivity contribution in [3.63, 3.8) is 0 Å². The van der Waals surface area contributed by atoms with E-state index in [1.165, 1.54) is 24.3 Å². The zero-order valence-electron chi connectivity index (χ0n) is 10.9. The van der Waals surface area contributed by atoms with Gasteiger partial charge in [0.25, 0.3) is 11.8 Å². The Morgan fingerprint density at radius 2 is 1.67 bits per heavy atom. The van der Waals surface area contributed by atoms with Crippen molar-refractivity contribution in [2.45, 2.75) is 0 Å². The molecule has 6 heteroatoms. The number of imide groups is 1. The summed E-state index contributed by atoms with van der Waals surface area (Å²) in [5.74, 6) is -1.60. The summed E-state index contributed by atoms with van der Waals surface area (Å²) in [4.78, 5) is 37.0. The summed E-state index contributed by atoms with van der Waals surface area (Å²) in [5.41, 5.74) is 12.3. The molecule has 4 N–H and O–H groups in total. The molecule has 0 radical (unpaired) electrons. The Morgan fingerprint density at radius 1 is 0.952 bits per heavy atom. The van der Waals surface area contributed by atoms with Crippen molar-refractivity contribution >= 4 is 29.1 Å². The summed E-state index contributed by atoms with van der Waals surface area (Å²) in [5, 5.41) is 0. The lowest BCUT2D eigenvalue weighted by atomic mass is 10.1. The smallest absolute Gasteiger partial charge is 0.266 e. The number of carbonyl (C=O) groups excluding carboxylic acids is 3. The zero-order chi connectivity index (χ0) is 15.1. The van der Waals surface area contributed by atoms with Gasteiger partial charge in [-0.25, -0.2) is 4.90 Å². The van der Waals surface area contributed by atoms with Crippen LogP contribution in [0.5, 0.6) is 0 Å². The maximum Gasteiger partial charge on any atom is 0.266 e. The molecule has 2 aromatic rings. The van der Waals surface area contributed by atoms with Gasteiger partial charge >= 0.3 is 0 Å². The SMILES string of the molecule is NC(=O)c1ccc2c(c1)C(=O)N(c1cccc(N)c1)C2=O. The van der Waals surface area contributed by atoms with Crippen LogP contribution in [0.1, 0.15) is 31.1 Å². The summed E-state index contributed by atoms with van der Waals surface area (Å²) in [6, 6.07) is 10.7. The largest absolute Gasteiger partial charge is 0.399 e. The van der Waals surface area contributed by atoms with Crippen molar-refractivity contribution in [1.29, 1.82) is 0 Å². The molecule has 3 amide bonds. The lowest BCUT2D eigenvalue weighted by molar-refractivity contribution is 0.0925. The highest BCUT2D eigenvalue weighted by Gasteiger charge is 2.37. The second-order valence-electron chi connectivity index (χ2n) is 4.67. The Hall–Kier alpha value is -3.15. The van der Waals surface area contributed by atoms with Crippen molar-refractivity contribution in [3.05, 3.63) is 59.2 Å². The molecule has 0 bridgehead atoms. The van der Waals surface area contributed by atoms with E-state index in [0.29, 0.717) is 11.4 Å². The average Bonchev–Trinajstić information content (AvgIpc) is 2.70. The Balaban J connectivity index is 2.10. The number of nitrogen functional groups attached to an aromatic ring is 1. The van der Waals surface area contributed by atoms with Crippen molar-refractivity contribution < 1.29 is 14.4 Å². The van der Waals surface area contributed by atoms with E-state index in [9.17, 15) is 14.4 Å². The first-order chi connectivity index (χ1) is 9.99. The van der Waals surface area contributed by atoms with Gasteiger partial charge < -0.3 is 11.5 Å². The van der Waals surface area contributed by atoms with Gasteiger partial charge in [-0.1, -0.05) is 6.07 Å². The minimum atomic E-state index is -0.652. The van der Waals surface area contributed by atoms with Gasteiger partial charge in [-0.2, -0.15) is 0 Å². The first-order valence-electron chi connectivity index (χ1n) is 6.17. The molecule has 0 aliphatic carbocycles. The number of primary amides is 1. The van der Waals surface area contributed by atoms with E-state index >= 15 is 0 Å². The second kappa shape index (κ2) is 4.45. The van der Waals surface area contributed by atoms with Crippen LogP contribution in [0.3, 0.4) is 0 Å². The van der Waals surface area contributed by atoms with E-state index in [-0.39, 0.29) is 16.7 Å². The van der Waals surface area contributed by atoms with Crippen LogP contribution in [0, 0.1) is 0 Å². The molecule has 104 valence electrons. The van der Waals surface area contributed by atoms with E-state index in [2.05, 4.69) is 0 Å². The van der Waals surface area contributed by atoms with E-state index in [0.717, 1.165) is 4.90 Å². The van der Waals surface area contributed by atoms with Gasteiger partial charge in [-0.3, -0.25) is 14.4 Å². The molecular formula is C15H11N3O3. The lowest BCUT2D eigenvalue weighted by Gasteiger charge is -2.14. The zero-order valence-corrected chi connectivity index (χ0v) is 10.9. The predicted octanol–water partition coefficient (Wildman–Crippen LogP) is 1.17. The van der Waals surface area contributed by atoms with Crippen LogP contribution in [-0.4, -0.2) is 17.7 Å². The molecule has 0 spiro atoms. The molecule has 21 heavy (non-hydrogen) atoms. The van der Waals surface area contributed by atoms with Crippen LogP contribution in [-0.2, 0) is 0 Å². The quantitative estimate of drug-likeness (QED) is 0.636. The molecular weight excluding hydrogens is 270 g/mol. The number of nitrogens with two attached hydrogens (primary N) is 2. The van der Waals surface area contributed by atoms with Crippen molar-refractivity contribution in [1.82, 2.24) is 0 Å². The summed E-state index contributed by atoms with van der Waals surface area (Å²) >= 11 is 0. The molecule has 3 rings (SSSR count). The fraction of sp³-hybridized carbons (Fsp3) is 0. The maximum absolute atomic E-state index is 12.4. The fourth-order valence-corrected chi connectivity index (χ4v) is 2.29. The number of carbonyl (C=O) groups is 3. The van der Waals surface area contributed by atoms with E-state index < -0.39 is 17.7 Å². The highest BCUT2D eigenvalue weighted by atomic mass is 16.2. The number of hydrogen-bond donors (Lipinski definition) is 2. The molecule has 0 saturated carbocycles. The standard InChI is InChI=1S/C15H11N3O3/c16-9-2-1-3-10(7-9)18-14(20)11-5-4-8(13(17)19)6-12(11)15(18)21/h1-7H,16H2,(H2,17,19). The number of anilines is 2. The number of benzene rings is 2. The topological polar surface area (TPSA) is 106 Å². The van der Waals surface area contributed by atoms with E-state index in [4.69, 9.17) is 11.5 Å². The lowest BCUT2D eigenvalue weighted by Crippen LogP contribution is -2.29. The number of nitrogens with zero attached hydrogens (tertiary/aromatic N) is 1. The van der Waals surface area contributed by atoms with E-state index in [1.807, 2.05) is 0 Å². The molecule has 0 aromatic heterocycles. The van der Waals surface area contributed by atoms with Gasteiger partial charge in [0.05, 0.1) is 16.8 Å². The monoisotopic (exact) mass is 281 g/mol. The molecule has 0 atom stereocenters. The molecule has 1 aliphatic rings. The number of fused-ring (bicyclic) bond motifs is 1. The average molecular weight is 281 g/mol. The second-order valence-corrected chi connectivity index (χ2v) is 4.67. The van der Waals surface area contributed by atoms with Crippen LogP contribution in [0.15, 0.2) is 42.5 Å². The van der Waals surface area contributed by atoms with Gasteiger partial charge in [0.2, 0.25) is 5.91 Å². The molecule has 1 heterocycles. The number of rotatable bonds is 2. The first-order valence-corrected chi connectivity index (χ1v) is 6.17. The van der Waals surface area contributed by atoms with Gasteiger partial charge in [0, 0.05) is 11.3 Å². The molecule has 1 aliphatic heterocycles. The van der Waals surface area contributed by atoms with Gasteiger partial charge in [-0.05, 0) is 36.4 Å². The van der Waals surface area contributed by atoms with Crippen molar-refractivity contribution in [2.24, 2.45) is 5.73 Å². The van der Waals surface area contributed by atoms with Crippen LogP contribution < -0.4 is 16.4 Å². The summed E-state index contributed by atoms with van der Waals surface area (Å²) in [6.45, 7) is 0. The molecule has 0 saturated heterocycles. The van der Waals surface area contributed by atoms with E-state index in [1.54, 1.807) is 18.2 Å². The molecule has 6 nitrogen and oxygen atoms in total.